The Labute approximate surface area is 269 Å². The standard InChI is InChI=1S/C20H6Cl13NO2/c21-5-1-3-4(2-6(5)34(35)36)8-10(18(29)14(25)12(23)16(8,27)20(18,32)33)9-7(3)15(26)11(22)13(24)17(9,28)19(15,30)31/h1-2,7-10H/t7-,8+,9+,10-,15-,16-,17-,18-/m0/s1. The van der Waals surface area contributed by atoms with Crippen molar-refractivity contribution in [1.29, 1.82) is 0 Å². The molecule has 4 bridgehead atoms. The Morgan fingerprint density at radius 2 is 0.944 bits per heavy atom. The van der Waals surface area contributed by atoms with Gasteiger partial charge in [-0.15, -0.1) is 46.4 Å². The molecule has 6 rings (SSSR count). The lowest BCUT2D eigenvalue weighted by Gasteiger charge is -2.52. The van der Waals surface area contributed by atoms with Crippen LogP contribution in [0.2, 0.25) is 5.02 Å². The molecule has 16 heteroatoms. The molecule has 0 unspecified atom stereocenters. The zero-order valence-corrected chi connectivity index (χ0v) is 26.5. The van der Waals surface area contributed by atoms with E-state index in [2.05, 4.69) is 0 Å². The fourth-order valence-electron chi connectivity index (χ4n) is 7.05. The predicted molar refractivity (Wildman–Crippen MR) is 151 cm³/mol. The minimum absolute atomic E-state index is 0.0824. The lowest BCUT2D eigenvalue weighted by molar-refractivity contribution is -0.384. The van der Waals surface area contributed by atoms with Crippen molar-refractivity contribution in [3.63, 3.8) is 0 Å². The summed E-state index contributed by atoms with van der Waals surface area (Å²) in [5.41, 5.74) is 0.288. The van der Waals surface area contributed by atoms with Crippen molar-refractivity contribution >= 4 is 156 Å². The van der Waals surface area contributed by atoms with Gasteiger partial charge in [0, 0.05) is 29.7 Å². The first-order valence-electron chi connectivity index (χ1n) is 9.93. The van der Waals surface area contributed by atoms with Gasteiger partial charge >= 0.3 is 0 Å². The topological polar surface area (TPSA) is 43.1 Å². The van der Waals surface area contributed by atoms with Crippen molar-refractivity contribution < 1.29 is 4.92 Å². The van der Waals surface area contributed by atoms with Crippen LogP contribution in [0, 0.1) is 22.0 Å². The number of allylic oxidation sites excluding steroid dienone is 4. The summed E-state index contributed by atoms with van der Waals surface area (Å²) in [4.78, 5) is 3.89. The van der Waals surface area contributed by atoms with E-state index in [-0.39, 0.29) is 25.2 Å². The summed E-state index contributed by atoms with van der Waals surface area (Å²) < 4.78 is -4.02. The molecule has 0 N–H and O–H groups in total. The maximum atomic E-state index is 11.8. The number of nitro benzene ring substituents is 1. The fourth-order valence-corrected chi connectivity index (χ4v) is 13.3. The highest BCUT2D eigenvalue weighted by atomic mass is 35.5. The van der Waals surface area contributed by atoms with Crippen LogP contribution in [0.1, 0.15) is 23.0 Å². The van der Waals surface area contributed by atoms with E-state index < -0.39 is 62.4 Å². The average molecular weight is 753 g/mol. The monoisotopic (exact) mass is 747 g/mol. The molecule has 0 heterocycles. The van der Waals surface area contributed by atoms with E-state index in [4.69, 9.17) is 151 Å². The van der Waals surface area contributed by atoms with Gasteiger partial charge in [0.2, 0.25) is 0 Å². The maximum absolute atomic E-state index is 11.8. The minimum Gasteiger partial charge on any atom is -0.258 e. The summed E-state index contributed by atoms with van der Waals surface area (Å²) in [6.45, 7) is 0. The second kappa shape index (κ2) is 7.63. The molecule has 0 aromatic heterocycles. The van der Waals surface area contributed by atoms with Gasteiger partial charge < -0.3 is 0 Å². The molecule has 1 aromatic carbocycles. The smallest absolute Gasteiger partial charge is 0.258 e. The van der Waals surface area contributed by atoms with Gasteiger partial charge in [-0.05, 0) is 17.2 Å². The SMILES string of the molecule is O=[N+]([O-])c1cc2c(cc1Cl)[C@H]1[C@H]([C@@H]3[C@@H]2[C@]2(Cl)C(Cl)=C(Cl)[C@]3(Cl)C2(Cl)Cl)[C@]2(Cl)C(Cl)=C(Cl)[C@]1(Cl)C2(Cl)Cl. The number of hydrogen-bond acceptors (Lipinski definition) is 2. The highest BCUT2D eigenvalue weighted by Gasteiger charge is 2.91. The molecule has 0 aliphatic heterocycles. The van der Waals surface area contributed by atoms with E-state index in [0.29, 0.717) is 11.1 Å². The lowest BCUT2D eigenvalue weighted by Crippen LogP contribution is -2.53. The molecule has 0 amide bonds. The summed E-state index contributed by atoms with van der Waals surface area (Å²) in [5.74, 6) is -3.78. The van der Waals surface area contributed by atoms with Gasteiger partial charge in [0.05, 0.1) is 25.1 Å². The van der Waals surface area contributed by atoms with E-state index in [9.17, 15) is 10.1 Å². The Bertz CT molecular complexity index is 1390. The van der Waals surface area contributed by atoms with Gasteiger partial charge in [-0.3, -0.25) is 10.1 Å². The van der Waals surface area contributed by atoms with Crippen molar-refractivity contribution in [3.05, 3.63) is 58.5 Å². The molecule has 2 fully saturated rings. The molecule has 1 aromatic rings. The highest BCUT2D eigenvalue weighted by molar-refractivity contribution is 6.67. The van der Waals surface area contributed by atoms with E-state index in [1.54, 1.807) is 0 Å². The van der Waals surface area contributed by atoms with Crippen LogP contribution in [0.5, 0.6) is 0 Å². The third-order valence-electron chi connectivity index (χ3n) is 8.39. The zero-order chi connectivity index (χ0) is 26.9. The number of nitro groups is 1. The molecule has 8 atom stereocenters. The second-order valence-corrected chi connectivity index (χ2v) is 16.4. The normalized spacial score (nSPS) is 46.8. The first-order valence-corrected chi connectivity index (χ1v) is 14.8. The summed E-state index contributed by atoms with van der Waals surface area (Å²) >= 11 is 89.3. The van der Waals surface area contributed by atoms with Crippen LogP contribution in [0.4, 0.5) is 5.69 Å². The van der Waals surface area contributed by atoms with Gasteiger partial charge in [-0.1, -0.05) is 104 Å². The summed E-state index contributed by atoms with van der Waals surface area (Å²) in [6.07, 6.45) is 0. The first kappa shape index (κ1) is 28.0. The van der Waals surface area contributed by atoms with Gasteiger partial charge in [0.25, 0.3) is 5.69 Å². The van der Waals surface area contributed by atoms with E-state index in [1.807, 2.05) is 0 Å². The Morgan fingerprint density at radius 1 is 0.611 bits per heavy atom. The highest BCUT2D eigenvalue weighted by Crippen LogP contribution is 2.88. The fraction of sp³-hybridized carbons (Fsp3) is 0.500. The number of hydrogen-bond donors (Lipinski definition) is 0. The molecule has 2 saturated carbocycles. The Hall–Kier alpha value is 1.87. The molecule has 0 saturated heterocycles. The quantitative estimate of drug-likeness (QED) is 0.163. The average Bonchev–Trinajstić information content (AvgIpc) is 3.12. The third-order valence-corrected chi connectivity index (χ3v) is 17.2. The molecule has 5 aliphatic carbocycles. The lowest BCUT2D eigenvalue weighted by atomic mass is 9.57. The second-order valence-electron chi connectivity index (χ2n) is 9.45. The molecule has 194 valence electrons. The molecule has 5 aliphatic rings. The largest absolute Gasteiger partial charge is 0.288 e. The number of benzene rings is 1. The number of rotatable bonds is 1. The van der Waals surface area contributed by atoms with Crippen LogP contribution in [-0.2, 0) is 0 Å². The Balaban J connectivity index is 1.80. The Morgan fingerprint density at radius 3 is 1.31 bits per heavy atom. The van der Waals surface area contributed by atoms with Crippen LogP contribution in [0.15, 0.2) is 32.3 Å². The van der Waals surface area contributed by atoms with Crippen molar-refractivity contribution in [2.45, 2.75) is 40.0 Å². The van der Waals surface area contributed by atoms with Gasteiger partial charge in [-0.25, -0.2) is 0 Å². The molecular weight excluding hydrogens is 747 g/mol. The number of fused-ring (bicyclic) bond motifs is 14. The van der Waals surface area contributed by atoms with Crippen molar-refractivity contribution in [3.8, 4) is 0 Å². The van der Waals surface area contributed by atoms with E-state index >= 15 is 0 Å². The van der Waals surface area contributed by atoms with Crippen LogP contribution in [0.3, 0.4) is 0 Å². The molecular formula is C20H6Cl13NO2. The zero-order valence-electron chi connectivity index (χ0n) is 16.6. The van der Waals surface area contributed by atoms with Gasteiger partial charge in [0.1, 0.15) is 24.5 Å². The molecule has 3 nitrogen and oxygen atoms in total. The van der Waals surface area contributed by atoms with Gasteiger partial charge in [-0.2, -0.15) is 0 Å². The van der Waals surface area contributed by atoms with Crippen molar-refractivity contribution in [2.24, 2.45) is 11.8 Å². The summed E-state index contributed by atoms with van der Waals surface area (Å²) in [5, 5.41) is 11.3. The molecule has 36 heavy (non-hydrogen) atoms. The number of alkyl halides is 8. The van der Waals surface area contributed by atoms with Crippen molar-refractivity contribution in [1.82, 2.24) is 0 Å². The molecule has 0 radical (unpaired) electrons. The number of halogens is 13. The summed E-state index contributed by atoms with van der Waals surface area (Å²) in [6, 6.07) is 2.64. The minimum atomic E-state index is -2.02. The van der Waals surface area contributed by atoms with Crippen LogP contribution in [0.25, 0.3) is 0 Å². The van der Waals surface area contributed by atoms with Crippen LogP contribution >= 0.6 is 151 Å². The molecule has 0 spiro atoms. The van der Waals surface area contributed by atoms with E-state index in [0.717, 1.165) is 0 Å². The predicted octanol–water partition coefficient (Wildman–Crippen LogP) is 10.4. The van der Waals surface area contributed by atoms with Gasteiger partial charge in [0.15, 0.2) is 8.67 Å². The first-order chi connectivity index (χ1) is 16.3. The maximum Gasteiger partial charge on any atom is 0.288 e. The summed E-state index contributed by atoms with van der Waals surface area (Å²) in [7, 11) is 0. The Kier molecular flexibility index (Phi) is 5.93. The van der Waals surface area contributed by atoms with Crippen molar-refractivity contribution in [2.75, 3.05) is 0 Å². The van der Waals surface area contributed by atoms with Crippen LogP contribution < -0.4 is 0 Å². The number of nitrogens with zero attached hydrogens (tertiary/aromatic N) is 1. The third kappa shape index (κ3) is 2.43. The van der Waals surface area contributed by atoms with E-state index in [1.165, 1.54) is 12.1 Å². The van der Waals surface area contributed by atoms with Crippen LogP contribution in [-0.4, -0.2) is 33.1 Å².